The van der Waals surface area contributed by atoms with Gasteiger partial charge in [-0.05, 0) is 36.2 Å². The van der Waals surface area contributed by atoms with E-state index in [9.17, 15) is 9.59 Å². The number of methoxy groups -OCH3 is 2. The third-order valence-electron chi connectivity index (χ3n) is 5.80. The summed E-state index contributed by atoms with van der Waals surface area (Å²) in [5.41, 5.74) is 1.01. The Bertz CT molecular complexity index is 971. The maximum Gasteiger partial charge on any atom is 0.267 e. The summed E-state index contributed by atoms with van der Waals surface area (Å²) in [5, 5.41) is 0. The minimum absolute atomic E-state index is 0.0815. The molecule has 4 rings (SSSR count). The Morgan fingerprint density at radius 3 is 2.34 bits per heavy atom. The topological polar surface area (TPSA) is 77.5 Å². The van der Waals surface area contributed by atoms with Crippen LogP contribution in [0.1, 0.15) is 12.0 Å². The van der Waals surface area contributed by atoms with Gasteiger partial charge in [0.2, 0.25) is 12.0 Å². The highest BCUT2D eigenvalue weighted by atomic mass is 16.6. The molecule has 0 radical (unpaired) electrons. The molecule has 1 fully saturated rings. The van der Waals surface area contributed by atoms with Crippen LogP contribution in [0.15, 0.2) is 42.5 Å². The Morgan fingerprint density at radius 1 is 0.938 bits per heavy atom. The van der Waals surface area contributed by atoms with Crippen LogP contribution < -0.4 is 18.9 Å². The van der Waals surface area contributed by atoms with E-state index in [4.69, 9.17) is 18.9 Å². The highest BCUT2D eigenvalue weighted by Crippen LogP contribution is 2.31. The number of nitrogens with zero attached hydrogens (tertiary/aromatic N) is 2. The van der Waals surface area contributed by atoms with Crippen LogP contribution in [-0.2, 0) is 16.0 Å². The highest BCUT2D eigenvalue weighted by molar-refractivity contribution is 5.82. The summed E-state index contributed by atoms with van der Waals surface area (Å²) >= 11 is 0. The van der Waals surface area contributed by atoms with Crippen LogP contribution in [0.2, 0.25) is 0 Å². The van der Waals surface area contributed by atoms with E-state index < -0.39 is 6.10 Å². The smallest absolute Gasteiger partial charge is 0.267 e. The van der Waals surface area contributed by atoms with E-state index in [-0.39, 0.29) is 18.4 Å². The average molecular weight is 440 g/mol. The number of carbonyl (C=O) groups is 2. The van der Waals surface area contributed by atoms with Crippen molar-refractivity contribution in [3.8, 4) is 23.0 Å². The Labute approximate surface area is 187 Å². The molecule has 170 valence electrons. The van der Waals surface area contributed by atoms with Gasteiger partial charge < -0.3 is 28.7 Å². The van der Waals surface area contributed by atoms with Gasteiger partial charge in [0.05, 0.1) is 14.2 Å². The van der Waals surface area contributed by atoms with E-state index in [0.717, 1.165) is 5.56 Å². The van der Waals surface area contributed by atoms with Crippen molar-refractivity contribution in [3.63, 3.8) is 0 Å². The van der Waals surface area contributed by atoms with Crippen molar-refractivity contribution in [2.24, 2.45) is 0 Å². The van der Waals surface area contributed by atoms with E-state index in [1.165, 1.54) is 0 Å². The molecular formula is C24H28N2O6. The highest BCUT2D eigenvalue weighted by Gasteiger charge is 2.33. The second-order valence-electron chi connectivity index (χ2n) is 7.76. The molecule has 2 aliphatic rings. The fourth-order valence-electron chi connectivity index (χ4n) is 3.97. The summed E-state index contributed by atoms with van der Waals surface area (Å²) in [4.78, 5) is 29.1. The molecule has 2 heterocycles. The number of hydrogen-bond donors (Lipinski definition) is 0. The predicted octanol–water partition coefficient (Wildman–Crippen LogP) is 2.15. The molecular weight excluding hydrogens is 412 g/mol. The lowest BCUT2D eigenvalue weighted by atomic mass is 10.1. The normalized spacial score (nSPS) is 17.6. The van der Waals surface area contributed by atoms with Gasteiger partial charge >= 0.3 is 0 Å². The van der Waals surface area contributed by atoms with Crippen LogP contribution in [-0.4, -0.2) is 74.7 Å². The summed E-state index contributed by atoms with van der Waals surface area (Å²) in [6, 6.07) is 13.0. The van der Waals surface area contributed by atoms with Crippen LogP contribution in [0.4, 0.5) is 0 Å². The third kappa shape index (κ3) is 4.74. The lowest BCUT2D eigenvalue weighted by Gasteiger charge is -2.37. The number of amides is 2. The van der Waals surface area contributed by atoms with E-state index in [1.54, 1.807) is 25.2 Å². The van der Waals surface area contributed by atoms with Gasteiger partial charge in [0, 0.05) is 32.6 Å². The molecule has 1 saturated heterocycles. The number of fused-ring (bicyclic) bond motifs is 1. The van der Waals surface area contributed by atoms with Crippen molar-refractivity contribution in [1.29, 1.82) is 0 Å². The second-order valence-corrected chi connectivity index (χ2v) is 7.76. The van der Waals surface area contributed by atoms with Crippen LogP contribution in [0.3, 0.4) is 0 Å². The van der Waals surface area contributed by atoms with Crippen LogP contribution in [0.5, 0.6) is 23.0 Å². The lowest BCUT2D eigenvalue weighted by Crippen LogP contribution is -2.55. The van der Waals surface area contributed by atoms with Crippen molar-refractivity contribution < 1.29 is 28.5 Å². The molecule has 2 aliphatic heterocycles. The maximum absolute atomic E-state index is 12.9. The molecule has 0 saturated carbocycles. The molecule has 0 aromatic heterocycles. The number of carbonyl (C=O) groups excluding carboxylic acids is 2. The van der Waals surface area contributed by atoms with Crippen molar-refractivity contribution in [1.82, 2.24) is 9.80 Å². The summed E-state index contributed by atoms with van der Waals surface area (Å²) in [6.07, 6.45) is 0.363. The third-order valence-corrected chi connectivity index (χ3v) is 5.80. The van der Waals surface area contributed by atoms with Gasteiger partial charge in [-0.3, -0.25) is 9.59 Å². The van der Waals surface area contributed by atoms with Crippen molar-refractivity contribution in [2.75, 3.05) is 47.0 Å². The fraction of sp³-hybridized carbons (Fsp3) is 0.417. The molecule has 32 heavy (non-hydrogen) atoms. The zero-order chi connectivity index (χ0) is 22.5. The second kappa shape index (κ2) is 9.80. The number of rotatable bonds is 6. The van der Waals surface area contributed by atoms with Crippen molar-refractivity contribution in [3.05, 3.63) is 48.0 Å². The molecule has 0 bridgehead atoms. The lowest BCUT2D eigenvalue weighted by molar-refractivity contribution is -0.146. The Morgan fingerprint density at radius 2 is 1.62 bits per heavy atom. The zero-order valence-corrected chi connectivity index (χ0v) is 18.4. The Balaban J connectivity index is 1.25. The summed E-state index contributed by atoms with van der Waals surface area (Å²) < 4.78 is 22.1. The van der Waals surface area contributed by atoms with Gasteiger partial charge in [-0.25, -0.2) is 0 Å². The van der Waals surface area contributed by atoms with Crippen molar-refractivity contribution in [2.45, 2.75) is 18.9 Å². The van der Waals surface area contributed by atoms with Gasteiger partial charge in [-0.2, -0.15) is 0 Å². The first-order chi connectivity index (χ1) is 15.6. The Kier molecular flexibility index (Phi) is 6.68. The number of ether oxygens (including phenoxy) is 4. The molecule has 0 aliphatic carbocycles. The zero-order valence-electron chi connectivity index (χ0n) is 18.4. The predicted molar refractivity (Wildman–Crippen MR) is 117 cm³/mol. The number of para-hydroxylation sites is 2. The minimum Gasteiger partial charge on any atom is -0.493 e. The standard InChI is InChI=1S/C24H28N2O6/c1-29-18-9-7-17(15-21(18)30-2)8-10-23(27)25-11-13-26(14-12-25)24(28)22-16-31-19-5-3-4-6-20(19)32-22/h3-7,9,15,22H,8,10-14,16H2,1-2H3/t22-/m0/s1. The first-order valence-electron chi connectivity index (χ1n) is 10.7. The van der Waals surface area contributed by atoms with Crippen LogP contribution >= 0.6 is 0 Å². The first-order valence-corrected chi connectivity index (χ1v) is 10.7. The number of benzene rings is 2. The van der Waals surface area contributed by atoms with E-state index in [1.807, 2.05) is 41.3 Å². The summed E-state index contributed by atoms with van der Waals surface area (Å²) in [7, 11) is 3.19. The quantitative estimate of drug-likeness (QED) is 0.685. The van der Waals surface area contributed by atoms with Gasteiger partial charge in [-0.15, -0.1) is 0 Å². The number of aryl methyl sites for hydroxylation is 1. The average Bonchev–Trinajstić information content (AvgIpc) is 2.86. The van der Waals surface area contributed by atoms with Crippen LogP contribution in [0.25, 0.3) is 0 Å². The van der Waals surface area contributed by atoms with Gasteiger partial charge in [0.1, 0.15) is 6.61 Å². The van der Waals surface area contributed by atoms with Crippen molar-refractivity contribution >= 4 is 11.8 Å². The minimum atomic E-state index is -0.655. The molecule has 0 unspecified atom stereocenters. The molecule has 8 heteroatoms. The molecule has 2 amide bonds. The van der Waals surface area contributed by atoms with E-state index in [0.29, 0.717) is 62.0 Å². The molecule has 2 aromatic carbocycles. The Hall–Kier alpha value is -3.42. The molecule has 0 spiro atoms. The van der Waals surface area contributed by atoms with Gasteiger partial charge in [-0.1, -0.05) is 18.2 Å². The van der Waals surface area contributed by atoms with E-state index >= 15 is 0 Å². The molecule has 8 nitrogen and oxygen atoms in total. The molecule has 1 atom stereocenters. The largest absolute Gasteiger partial charge is 0.493 e. The fourth-order valence-corrected chi connectivity index (χ4v) is 3.97. The van der Waals surface area contributed by atoms with Crippen LogP contribution in [0, 0.1) is 0 Å². The summed E-state index contributed by atoms with van der Waals surface area (Å²) in [6.45, 7) is 2.20. The maximum atomic E-state index is 12.9. The van der Waals surface area contributed by atoms with Gasteiger partial charge in [0.15, 0.2) is 23.0 Å². The first kappa shape index (κ1) is 21.8. The number of piperazine rings is 1. The molecule has 0 N–H and O–H groups in total. The van der Waals surface area contributed by atoms with E-state index in [2.05, 4.69) is 0 Å². The number of hydrogen-bond acceptors (Lipinski definition) is 6. The molecule has 2 aromatic rings. The monoisotopic (exact) mass is 440 g/mol. The van der Waals surface area contributed by atoms with Gasteiger partial charge in [0.25, 0.3) is 5.91 Å². The SMILES string of the molecule is COc1ccc(CCC(=O)N2CCN(C(=O)[C@@H]3COc4ccccc4O3)CC2)cc1OC. The summed E-state index contributed by atoms with van der Waals surface area (Å²) in [5.74, 6) is 2.54.